The Bertz CT molecular complexity index is 982. The number of amides is 1. The summed E-state index contributed by atoms with van der Waals surface area (Å²) in [7, 11) is -3.34. The SMILES string of the molecule is C[C@H](OC(=O)c1ccc(S(C)(=O)=O)cc1)C(=O)N1c2ccccc2C[C@H]1C. The van der Waals surface area contributed by atoms with Gasteiger partial charge in [0.2, 0.25) is 0 Å². The molecule has 0 saturated heterocycles. The molecule has 3 rings (SSSR count). The molecule has 1 amide bonds. The first kappa shape index (κ1) is 19.1. The molecule has 1 aliphatic heterocycles. The number of anilines is 1. The van der Waals surface area contributed by atoms with E-state index in [1.165, 1.54) is 24.3 Å². The first-order chi connectivity index (χ1) is 12.7. The molecule has 0 fully saturated rings. The molecular weight excluding hydrogens is 366 g/mol. The fourth-order valence-corrected chi connectivity index (χ4v) is 3.84. The van der Waals surface area contributed by atoms with Crippen LogP contribution in [0.2, 0.25) is 0 Å². The topological polar surface area (TPSA) is 80.8 Å². The number of hydrogen-bond acceptors (Lipinski definition) is 5. The molecular formula is C20H21NO5S. The Labute approximate surface area is 158 Å². The summed E-state index contributed by atoms with van der Waals surface area (Å²) >= 11 is 0. The highest BCUT2D eigenvalue weighted by Crippen LogP contribution is 2.32. The molecule has 1 heterocycles. The third-order valence-electron chi connectivity index (χ3n) is 4.59. The van der Waals surface area contributed by atoms with E-state index in [0.717, 1.165) is 23.9 Å². The van der Waals surface area contributed by atoms with Crippen LogP contribution in [0.5, 0.6) is 0 Å². The molecule has 2 atom stereocenters. The van der Waals surface area contributed by atoms with Crippen LogP contribution in [-0.2, 0) is 25.8 Å². The van der Waals surface area contributed by atoms with Gasteiger partial charge in [0.15, 0.2) is 15.9 Å². The maximum atomic E-state index is 12.8. The summed E-state index contributed by atoms with van der Waals surface area (Å²) < 4.78 is 28.3. The fraction of sp³-hybridized carbons (Fsp3) is 0.300. The molecule has 0 N–H and O–H groups in total. The minimum Gasteiger partial charge on any atom is -0.449 e. The van der Waals surface area contributed by atoms with Crippen molar-refractivity contribution < 1.29 is 22.7 Å². The third kappa shape index (κ3) is 3.88. The lowest BCUT2D eigenvalue weighted by Crippen LogP contribution is -2.43. The van der Waals surface area contributed by atoms with Crippen molar-refractivity contribution in [2.75, 3.05) is 11.2 Å². The van der Waals surface area contributed by atoms with Crippen molar-refractivity contribution in [3.8, 4) is 0 Å². The zero-order valence-electron chi connectivity index (χ0n) is 15.4. The molecule has 2 aromatic rings. The van der Waals surface area contributed by atoms with Crippen LogP contribution in [0.15, 0.2) is 53.4 Å². The molecule has 0 bridgehead atoms. The first-order valence-corrected chi connectivity index (χ1v) is 10.5. The maximum absolute atomic E-state index is 12.8. The highest BCUT2D eigenvalue weighted by molar-refractivity contribution is 7.90. The lowest BCUT2D eigenvalue weighted by molar-refractivity contribution is -0.126. The van der Waals surface area contributed by atoms with Gasteiger partial charge in [-0.2, -0.15) is 0 Å². The molecule has 27 heavy (non-hydrogen) atoms. The van der Waals surface area contributed by atoms with E-state index in [0.29, 0.717) is 0 Å². The minimum absolute atomic E-state index is 0.00917. The van der Waals surface area contributed by atoms with E-state index in [2.05, 4.69) is 0 Å². The Hall–Kier alpha value is -2.67. The second-order valence-electron chi connectivity index (χ2n) is 6.73. The van der Waals surface area contributed by atoms with Gasteiger partial charge >= 0.3 is 5.97 Å². The Morgan fingerprint density at radius 3 is 2.37 bits per heavy atom. The van der Waals surface area contributed by atoms with E-state index in [1.54, 1.807) is 11.8 Å². The lowest BCUT2D eigenvalue weighted by Gasteiger charge is -2.25. The summed E-state index contributed by atoms with van der Waals surface area (Å²) in [5.74, 6) is -0.954. The Morgan fingerprint density at radius 2 is 1.74 bits per heavy atom. The average molecular weight is 387 g/mol. The zero-order valence-corrected chi connectivity index (χ0v) is 16.2. The number of sulfone groups is 1. The van der Waals surface area contributed by atoms with Crippen LogP contribution in [0.4, 0.5) is 5.69 Å². The van der Waals surface area contributed by atoms with Gasteiger partial charge in [-0.1, -0.05) is 18.2 Å². The molecule has 0 aliphatic carbocycles. The van der Waals surface area contributed by atoms with Gasteiger partial charge in [-0.3, -0.25) is 4.79 Å². The van der Waals surface area contributed by atoms with Crippen LogP contribution in [0.3, 0.4) is 0 Å². The van der Waals surface area contributed by atoms with Gasteiger partial charge in [-0.25, -0.2) is 13.2 Å². The number of carbonyl (C=O) groups excluding carboxylic acids is 2. The van der Waals surface area contributed by atoms with Crippen molar-refractivity contribution in [2.24, 2.45) is 0 Å². The van der Waals surface area contributed by atoms with Crippen molar-refractivity contribution in [3.63, 3.8) is 0 Å². The largest absolute Gasteiger partial charge is 0.449 e. The van der Waals surface area contributed by atoms with Crippen LogP contribution >= 0.6 is 0 Å². The number of fused-ring (bicyclic) bond motifs is 1. The smallest absolute Gasteiger partial charge is 0.338 e. The number of carbonyl (C=O) groups is 2. The van der Waals surface area contributed by atoms with Gasteiger partial charge in [0.1, 0.15) is 0 Å². The quantitative estimate of drug-likeness (QED) is 0.754. The zero-order chi connectivity index (χ0) is 19.8. The van der Waals surface area contributed by atoms with E-state index in [-0.39, 0.29) is 22.4 Å². The van der Waals surface area contributed by atoms with E-state index < -0.39 is 21.9 Å². The summed E-state index contributed by atoms with van der Waals surface area (Å²) in [4.78, 5) is 26.9. The molecule has 0 unspecified atom stereocenters. The summed E-state index contributed by atoms with van der Waals surface area (Å²) in [6.07, 6.45) is 0.895. The number of benzene rings is 2. The summed E-state index contributed by atoms with van der Waals surface area (Å²) in [5, 5.41) is 0. The average Bonchev–Trinajstić information content (AvgIpc) is 2.96. The van der Waals surface area contributed by atoms with Crippen LogP contribution in [0.25, 0.3) is 0 Å². The van der Waals surface area contributed by atoms with Gasteiger partial charge in [-0.05, 0) is 56.2 Å². The molecule has 2 aromatic carbocycles. The molecule has 6 nitrogen and oxygen atoms in total. The van der Waals surface area contributed by atoms with Crippen LogP contribution in [-0.4, -0.2) is 38.7 Å². The van der Waals surface area contributed by atoms with Crippen molar-refractivity contribution >= 4 is 27.4 Å². The van der Waals surface area contributed by atoms with Crippen LogP contribution < -0.4 is 4.90 Å². The molecule has 0 aromatic heterocycles. The summed E-state index contributed by atoms with van der Waals surface area (Å²) in [6, 6.07) is 13.1. The van der Waals surface area contributed by atoms with Gasteiger partial charge < -0.3 is 9.64 Å². The molecule has 1 aliphatic rings. The monoisotopic (exact) mass is 387 g/mol. The molecule has 142 valence electrons. The van der Waals surface area contributed by atoms with Crippen LogP contribution in [0, 0.1) is 0 Å². The number of para-hydroxylation sites is 1. The highest BCUT2D eigenvalue weighted by atomic mass is 32.2. The number of esters is 1. The second kappa shape index (κ2) is 7.15. The Balaban J connectivity index is 1.72. The standard InChI is InChI=1S/C20H21NO5S/c1-13-12-16-6-4-5-7-18(16)21(13)19(22)14(2)26-20(23)15-8-10-17(11-9-15)27(3,24)25/h4-11,13-14H,12H2,1-3H3/t13-,14+/m1/s1. The van der Waals surface area contributed by atoms with E-state index in [9.17, 15) is 18.0 Å². The molecule has 0 spiro atoms. The van der Waals surface area contributed by atoms with Crippen LogP contribution in [0.1, 0.15) is 29.8 Å². The van der Waals surface area contributed by atoms with Crippen molar-refractivity contribution in [3.05, 3.63) is 59.7 Å². The number of nitrogens with zero attached hydrogens (tertiary/aromatic N) is 1. The highest BCUT2D eigenvalue weighted by Gasteiger charge is 2.34. The molecule has 0 radical (unpaired) electrons. The van der Waals surface area contributed by atoms with Crippen molar-refractivity contribution in [2.45, 2.75) is 37.3 Å². The third-order valence-corrected chi connectivity index (χ3v) is 5.72. The van der Waals surface area contributed by atoms with E-state index in [4.69, 9.17) is 4.74 Å². The predicted octanol–water partition coefficient (Wildman–Crippen LogP) is 2.61. The van der Waals surface area contributed by atoms with E-state index in [1.807, 2.05) is 31.2 Å². The summed E-state index contributed by atoms with van der Waals surface area (Å²) in [6.45, 7) is 3.50. The van der Waals surface area contributed by atoms with Gasteiger partial charge in [0.05, 0.1) is 10.5 Å². The predicted molar refractivity (Wildman–Crippen MR) is 102 cm³/mol. The van der Waals surface area contributed by atoms with Crippen molar-refractivity contribution in [1.29, 1.82) is 0 Å². The number of rotatable bonds is 4. The Morgan fingerprint density at radius 1 is 1.11 bits per heavy atom. The lowest BCUT2D eigenvalue weighted by atomic mass is 10.1. The maximum Gasteiger partial charge on any atom is 0.338 e. The minimum atomic E-state index is -3.34. The Kier molecular flexibility index (Phi) is 5.06. The van der Waals surface area contributed by atoms with Crippen molar-refractivity contribution in [1.82, 2.24) is 0 Å². The normalized spacial score (nSPS) is 17.3. The molecule has 0 saturated carbocycles. The second-order valence-corrected chi connectivity index (χ2v) is 8.75. The summed E-state index contributed by atoms with van der Waals surface area (Å²) in [5.41, 5.74) is 2.13. The first-order valence-electron chi connectivity index (χ1n) is 8.60. The van der Waals surface area contributed by atoms with Gasteiger partial charge in [0.25, 0.3) is 5.91 Å². The van der Waals surface area contributed by atoms with Gasteiger partial charge in [0, 0.05) is 18.0 Å². The van der Waals surface area contributed by atoms with E-state index >= 15 is 0 Å². The van der Waals surface area contributed by atoms with Gasteiger partial charge in [-0.15, -0.1) is 0 Å². The molecule has 7 heteroatoms. The number of ether oxygens (including phenoxy) is 1. The number of hydrogen-bond donors (Lipinski definition) is 0. The fourth-order valence-electron chi connectivity index (χ4n) is 3.21.